The topological polar surface area (TPSA) is 23.6 Å². The number of nitrogens with zero attached hydrogens (tertiary/aromatic N) is 2. The predicted molar refractivity (Wildman–Crippen MR) is 53.6 cm³/mol. The van der Waals surface area contributed by atoms with Gasteiger partial charge in [-0.2, -0.15) is 0 Å². The first kappa shape index (κ1) is 10.4. The largest absolute Gasteiger partial charge is 0.327 e. The van der Waals surface area contributed by atoms with E-state index in [1.54, 1.807) is 0 Å². The number of hydrogen-bond donors (Lipinski definition) is 0. The third-order valence-electron chi connectivity index (χ3n) is 2.95. The number of hydrogen-bond acceptors (Lipinski definition) is 1. The van der Waals surface area contributed by atoms with Gasteiger partial charge in [0.15, 0.2) is 0 Å². The Labute approximate surface area is 80.7 Å². The van der Waals surface area contributed by atoms with Crippen molar-refractivity contribution >= 4 is 6.03 Å². The van der Waals surface area contributed by atoms with Crippen molar-refractivity contribution in [3.63, 3.8) is 0 Å². The zero-order valence-electron chi connectivity index (χ0n) is 9.08. The van der Waals surface area contributed by atoms with E-state index in [1.807, 2.05) is 23.8 Å². The zero-order valence-corrected chi connectivity index (χ0v) is 9.08. The Bertz CT molecular complexity index is 193. The van der Waals surface area contributed by atoms with Crippen LogP contribution in [0.15, 0.2) is 0 Å². The van der Waals surface area contributed by atoms with Crippen LogP contribution in [0.4, 0.5) is 4.79 Å². The summed E-state index contributed by atoms with van der Waals surface area (Å²) in [5.41, 5.74) is 0. The van der Waals surface area contributed by atoms with E-state index in [1.165, 1.54) is 0 Å². The second-order valence-electron chi connectivity index (χ2n) is 3.90. The van der Waals surface area contributed by atoms with Gasteiger partial charge >= 0.3 is 6.03 Å². The first-order valence-corrected chi connectivity index (χ1v) is 5.13. The lowest BCUT2D eigenvalue weighted by Gasteiger charge is -2.43. The molecular weight excluding hydrogens is 164 g/mol. The van der Waals surface area contributed by atoms with Gasteiger partial charge in [-0.1, -0.05) is 13.8 Å². The van der Waals surface area contributed by atoms with Gasteiger partial charge in [-0.05, 0) is 19.3 Å². The highest BCUT2D eigenvalue weighted by Crippen LogP contribution is 2.22. The summed E-state index contributed by atoms with van der Waals surface area (Å²) in [5, 5.41) is 0. The number of carbonyl (C=O) groups is 1. The van der Waals surface area contributed by atoms with Crippen molar-refractivity contribution in [1.29, 1.82) is 0 Å². The van der Waals surface area contributed by atoms with Crippen molar-refractivity contribution in [3.8, 4) is 0 Å². The van der Waals surface area contributed by atoms with Gasteiger partial charge in [0.05, 0.1) is 0 Å². The Morgan fingerprint density at radius 1 is 1.46 bits per heavy atom. The predicted octanol–water partition coefficient (Wildman–Crippen LogP) is 1.79. The molecule has 1 rings (SSSR count). The summed E-state index contributed by atoms with van der Waals surface area (Å²) in [7, 11) is 1.88. The highest BCUT2D eigenvalue weighted by molar-refractivity contribution is 5.75. The van der Waals surface area contributed by atoms with E-state index in [0.29, 0.717) is 12.0 Å². The molecule has 1 heterocycles. The van der Waals surface area contributed by atoms with Crippen molar-refractivity contribution < 1.29 is 4.79 Å². The molecule has 0 aromatic carbocycles. The van der Waals surface area contributed by atoms with Gasteiger partial charge in [-0.3, -0.25) is 0 Å². The molecule has 3 heteroatoms. The van der Waals surface area contributed by atoms with Gasteiger partial charge in [0.25, 0.3) is 0 Å². The molecule has 0 spiro atoms. The third-order valence-corrected chi connectivity index (χ3v) is 2.95. The van der Waals surface area contributed by atoms with Crippen LogP contribution >= 0.6 is 0 Å². The standard InChI is InChI=1S/C10H20N2O/c1-5-9-8(3)7-11(4)10(13)12(9)6-2/h8-9H,5-7H2,1-4H3. The van der Waals surface area contributed by atoms with Crippen LogP contribution in [0.3, 0.4) is 0 Å². The van der Waals surface area contributed by atoms with E-state index < -0.39 is 0 Å². The van der Waals surface area contributed by atoms with Crippen molar-refractivity contribution in [2.45, 2.75) is 33.2 Å². The highest BCUT2D eigenvalue weighted by atomic mass is 16.2. The van der Waals surface area contributed by atoms with Crippen LogP contribution in [0.1, 0.15) is 27.2 Å². The molecule has 0 aromatic rings. The molecule has 2 unspecified atom stereocenters. The summed E-state index contributed by atoms with van der Waals surface area (Å²) in [5.74, 6) is 0.590. The lowest BCUT2D eigenvalue weighted by Crippen LogP contribution is -2.56. The number of carbonyl (C=O) groups excluding carboxylic acids is 1. The molecule has 0 bridgehead atoms. The molecule has 0 saturated carbocycles. The zero-order chi connectivity index (χ0) is 10.0. The molecular formula is C10H20N2O. The summed E-state index contributed by atoms with van der Waals surface area (Å²) in [6.07, 6.45) is 1.06. The maximum Gasteiger partial charge on any atom is 0.320 e. The van der Waals surface area contributed by atoms with Crippen LogP contribution in [0.2, 0.25) is 0 Å². The maximum atomic E-state index is 11.7. The van der Waals surface area contributed by atoms with Gasteiger partial charge in [0.2, 0.25) is 0 Å². The van der Waals surface area contributed by atoms with E-state index >= 15 is 0 Å². The van der Waals surface area contributed by atoms with Gasteiger partial charge in [0.1, 0.15) is 0 Å². The molecule has 3 nitrogen and oxygen atoms in total. The van der Waals surface area contributed by atoms with E-state index in [4.69, 9.17) is 0 Å². The molecule has 0 radical (unpaired) electrons. The lowest BCUT2D eigenvalue weighted by molar-refractivity contribution is 0.0794. The molecule has 13 heavy (non-hydrogen) atoms. The van der Waals surface area contributed by atoms with Gasteiger partial charge < -0.3 is 9.80 Å². The Hall–Kier alpha value is -0.730. The van der Waals surface area contributed by atoms with Crippen LogP contribution in [0.5, 0.6) is 0 Å². The minimum Gasteiger partial charge on any atom is -0.327 e. The summed E-state index contributed by atoms with van der Waals surface area (Å²) in [6.45, 7) is 8.15. The Morgan fingerprint density at radius 3 is 2.54 bits per heavy atom. The first-order valence-electron chi connectivity index (χ1n) is 5.13. The van der Waals surface area contributed by atoms with Crippen molar-refractivity contribution in [2.75, 3.05) is 20.1 Å². The second kappa shape index (κ2) is 3.99. The normalized spacial score (nSPS) is 29.7. The monoisotopic (exact) mass is 184 g/mol. The van der Waals surface area contributed by atoms with Crippen LogP contribution < -0.4 is 0 Å². The molecule has 1 saturated heterocycles. The fourth-order valence-electron chi connectivity index (χ4n) is 2.29. The van der Waals surface area contributed by atoms with E-state index in [9.17, 15) is 4.79 Å². The Morgan fingerprint density at radius 2 is 2.08 bits per heavy atom. The third kappa shape index (κ3) is 1.79. The van der Waals surface area contributed by atoms with E-state index in [0.717, 1.165) is 19.5 Å². The number of urea groups is 1. The smallest absolute Gasteiger partial charge is 0.320 e. The van der Waals surface area contributed by atoms with Crippen LogP contribution in [0.25, 0.3) is 0 Å². The Balaban J connectivity index is 2.77. The molecule has 1 aliphatic rings. The van der Waals surface area contributed by atoms with Gasteiger partial charge in [-0.15, -0.1) is 0 Å². The van der Waals surface area contributed by atoms with Crippen molar-refractivity contribution in [1.82, 2.24) is 9.80 Å². The number of rotatable bonds is 2. The van der Waals surface area contributed by atoms with Crippen molar-refractivity contribution in [2.24, 2.45) is 5.92 Å². The molecule has 2 amide bonds. The average molecular weight is 184 g/mol. The maximum absolute atomic E-state index is 11.7. The second-order valence-corrected chi connectivity index (χ2v) is 3.90. The van der Waals surface area contributed by atoms with Gasteiger partial charge in [-0.25, -0.2) is 4.79 Å². The lowest BCUT2D eigenvalue weighted by atomic mass is 9.95. The van der Waals surface area contributed by atoms with Crippen LogP contribution in [-0.4, -0.2) is 42.0 Å². The van der Waals surface area contributed by atoms with Crippen molar-refractivity contribution in [3.05, 3.63) is 0 Å². The SMILES string of the molecule is CCC1C(C)CN(C)C(=O)N1CC. The summed E-state index contributed by atoms with van der Waals surface area (Å²) < 4.78 is 0. The molecule has 0 aromatic heterocycles. The summed E-state index contributed by atoms with van der Waals surface area (Å²) in [4.78, 5) is 15.5. The average Bonchev–Trinajstić information content (AvgIpc) is 2.10. The molecule has 0 N–H and O–H groups in total. The molecule has 1 fully saturated rings. The summed E-state index contributed by atoms with van der Waals surface area (Å²) >= 11 is 0. The fraction of sp³-hybridized carbons (Fsp3) is 0.900. The first-order chi connectivity index (χ1) is 6.11. The van der Waals surface area contributed by atoms with E-state index in [-0.39, 0.29) is 6.03 Å². The van der Waals surface area contributed by atoms with E-state index in [2.05, 4.69) is 13.8 Å². The van der Waals surface area contributed by atoms with Crippen LogP contribution in [-0.2, 0) is 0 Å². The fourth-order valence-corrected chi connectivity index (χ4v) is 2.29. The number of amides is 2. The highest BCUT2D eigenvalue weighted by Gasteiger charge is 2.33. The molecule has 2 atom stereocenters. The molecule has 1 aliphatic heterocycles. The minimum atomic E-state index is 0.187. The quantitative estimate of drug-likeness (QED) is 0.641. The molecule has 0 aliphatic carbocycles. The minimum absolute atomic E-state index is 0.187. The van der Waals surface area contributed by atoms with Crippen LogP contribution in [0, 0.1) is 5.92 Å². The Kier molecular flexibility index (Phi) is 3.17. The summed E-state index contributed by atoms with van der Waals surface area (Å²) in [6, 6.07) is 0.626. The molecule has 76 valence electrons. The van der Waals surface area contributed by atoms with Gasteiger partial charge in [0, 0.05) is 26.2 Å².